The minimum Gasteiger partial charge on any atom is -0.305 e. The zero-order valence-corrected chi connectivity index (χ0v) is 17.3. The molecule has 2 aromatic rings. The Morgan fingerprint density at radius 1 is 1.36 bits per heavy atom. The number of aromatic nitrogens is 3. The number of hydrogen-bond donors (Lipinski definition) is 2. The van der Waals surface area contributed by atoms with Gasteiger partial charge in [-0.2, -0.15) is 5.10 Å². The van der Waals surface area contributed by atoms with E-state index in [1.165, 1.54) is 6.20 Å². The molecule has 2 aromatic heterocycles. The van der Waals surface area contributed by atoms with Crippen LogP contribution in [-0.4, -0.2) is 25.0 Å². The molecule has 0 aliphatic heterocycles. The van der Waals surface area contributed by atoms with Gasteiger partial charge in [-0.1, -0.05) is 6.92 Å². The summed E-state index contributed by atoms with van der Waals surface area (Å²) in [6.45, 7) is 6.06. The van der Waals surface area contributed by atoms with Gasteiger partial charge in [-0.25, -0.2) is 14.1 Å². The molecular weight excluding hydrogens is 376 g/mol. The second-order valence-electron chi connectivity index (χ2n) is 7.91. The summed E-state index contributed by atoms with van der Waals surface area (Å²) in [6, 6.07) is -0.589. The van der Waals surface area contributed by atoms with Crippen LogP contribution in [0.1, 0.15) is 68.1 Å². The summed E-state index contributed by atoms with van der Waals surface area (Å²) in [6.07, 6.45) is 7.73. The maximum absolute atomic E-state index is 12.8. The standard InChI is InChI=1S/C19H26N6O2S/c1-11(2)25-10-13(9-21-25)28(20,27)24-19(26)23-18-14-5-4-6-16(14)22-17-12(3)7-8-15(17)18/h9-12H,4-8H2,1-3H3,(H3,20,22,23,24,26,27)/t12?,28-/m1/s1. The summed E-state index contributed by atoms with van der Waals surface area (Å²) < 4.78 is 18.3. The number of nitrogens with one attached hydrogen (secondary N) is 1. The maximum Gasteiger partial charge on any atom is 0.354 e. The lowest BCUT2D eigenvalue weighted by Gasteiger charge is -2.15. The SMILES string of the molecule is CC1CCc2c1nc1c(c2NC(=O)N=[S@@](N)(=O)c2cnn(C(C)C)c2)CCC1. The number of carbonyl (C=O) groups excluding carboxylic acids is 1. The Morgan fingerprint density at radius 2 is 2.14 bits per heavy atom. The molecule has 2 aliphatic carbocycles. The molecule has 0 saturated carbocycles. The second-order valence-corrected chi connectivity index (χ2v) is 9.70. The highest BCUT2D eigenvalue weighted by molar-refractivity contribution is 7.91. The number of nitrogens with two attached hydrogens (primary N) is 1. The first kappa shape index (κ1) is 19.1. The molecule has 4 rings (SSSR count). The van der Waals surface area contributed by atoms with Crippen LogP contribution in [0.4, 0.5) is 10.5 Å². The molecule has 2 amide bonds. The molecule has 0 aromatic carbocycles. The predicted octanol–water partition coefficient (Wildman–Crippen LogP) is 3.33. The molecule has 0 saturated heterocycles. The lowest BCUT2D eigenvalue weighted by molar-refractivity contribution is 0.260. The van der Waals surface area contributed by atoms with Crippen molar-refractivity contribution in [1.29, 1.82) is 0 Å². The molecule has 0 radical (unpaired) electrons. The van der Waals surface area contributed by atoms with Gasteiger partial charge in [0.15, 0.2) is 0 Å². The number of nitrogens with zero attached hydrogens (tertiary/aromatic N) is 4. The van der Waals surface area contributed by atoms with Crippen LogP contribution in [0.2, 0.25) is 0 Å². The van der Waals surface area contributed by atoms with Crippen LogP contribution in [-0.2, 0) is 29.2 Å². The molecular formula is C19H26N6O2S. The van der Waals surface area contributed by atoms with Crippen LogP contribution >= 0.6 is 0 Å². The van der Waals surface area contributed by atoms with Gasteiger partial charge in [0.2, 0.25) is 0 Å². The number of rotatable bonds is 3. The van der Waals surface area contributed by atoms with E-state index in [4.69, 9.17) is 10.1 Å². The number of fused-ring (bicyclic) bond motifs is 2. The monoisotopic (exact) mass is 402 g/mol. The number of carbonyl (C=O) groups is 1. The van der Waals surface area contributed by atoms with Gasteiger partial charge < -0.3 is 5.32 Å². The van der Waals surface area contributed by atoms with Gasteiger partial charge >= 0.3 is 6.03 Å². The van der Waals surface area contributed by atoms with E-state index in [1.54, 1.807) is 10.9 Å². The zero-order chi connectivity index (χ0) is 20.1. The van der Waals surface area contributed by atoms with Crippen LogP contribution < -0.4 is 10.5 Å². The first-order chi connectivity index (χ1) is 13.3. The molecule has 0 bridgehead atoms. The lowest BCUT2D eigenvalue weighted by Crippen LogP contribution is -2.19. The number of hydrogen-bond acceptors (Lipinski definition) is 4. The van der Waals surface area contributed by atoms with Crippen LogP contribution in [0.5, 0.6) is 0 Å². The number of anilines is 1. The van der Waals surface area contributed by atoms with E-state index in [1.807, 2.05) is 13.8 Å². The van der Waals surface area contributed by atoms with Gasteiger partial charge in [-0.15, -0.1) is 4.36 Å². The van der Waals surface area contributed by atoms with E-state index in [0.717, 1.165) is 60.3 Å². The van der Waals surface area contributed by atoms with Crippen LogP contribution in [0.3, 0.4) is 0 Å². The number of urea groups is 1. The van der Waals surface area contributed by atoms with Crippen molar-refractivity contribution >= 4 is 21.6 Å². The molecule has 9 heteroatoms. The number of aryl methyl sites for hydroxylation is 1. The molecule has 2 heterocycles. The molecule has 0 fully saturated rings. The highest BCUT2D eigenvalue weighted by atomic mass is 32.2. The average Bonchev–Trinajstić information content (AvgIpc) is 3.34. The van der Waals surface area contributed by atoms with E-state index >= 15 is 0 Å². The average molecular weight is 403 g/mol. The molecule has 2 aliphatic rings. The lowest BCUT2D eigenvalue weighted by atomic mass is 10.0. The smallest absolute Gasteiger partial charge is 0.305 e. The summed E-state index contributed by atoms with van der Waals surface area (Å²) in [5, 5.41) is 12.9. The van der Waals surface area contributed by atoms with E-state index in [-0.39, 0.29) is 10.9 Å². The first-order valence-electron chi connectivity index (χ1n) is 9.71. The van der Waals surface area contributed by atoms with Crippen molar-refractivity contribution in [2.75, 3.05) is 5.32 Å². The summed E-state index contributed by atoms with van der Waals surface area (Å²) in [4.78, 5) is 17.7. The van der Waals surface area contributed by atoms with Crippen molar-refractivity contribution in [1.82, 2.24) is 14.8 Å². The van der Waals surface area contributed by atoms with E-state index in [9.17, 15) is 9.00 Å². The van der Waals surface area contributed by atoms with Crippen LogP contribution in [0.25, 0.3) is 0 Å². The topological polar surface area (TPSA) is 115 Å². The van der Waals surface area contributed by atoms with E-state index in [0.29, 0.717) is 5.92 Å². The Kier molecular flexibility index (Phi) is 4.75. The van der Waals surface area contributed by atoms with Gasteiger partial charge in [0.05, 0.1) is 11.9 Å². The third kappa shape index (κ3) is 3.33. The Labute approximate surface area is 165 Å². The van der Waals surface area contributed by atoms with Crippen molar-refractivity contribution in [3.63, 3.8) is 0 Å². The second kappa shape index (κ2) is 6.97. The molecule has 2 atom stereocenters. The summed E-state index contributed by atoms with van der Waals surface area (Å²) in [5.74, 6) is 0.383. The molecule has 0 spiro atoms. The predicted molar refractivity (Wildman–Crippen MR) is 108 cm³/mol. The fourth-order valence-electron chi connectivity index (χ4n) is 4.01. The first-order valence-corrected chi connectivity index (χ1v) is 11.3. The summed E-state index contributed by atoms with van der Waals surface area (Å²) >= 11 is 0. The highest BCUT2D eigenvalue weighted by Crippen LogP contribution is 2.41. The minimum atomic E-state index is -3.37. The minimum absolute atomic E-state index is 0.0989. The molecule has 28 heavy (non-hydrogen) atoms. The van der Waals surface area contributed by atoms with E-state index < -0.39 is 15.9 Å². The molecule has 8 nitrogen and oxygen atoms in total. The van der Waals surface area contributed by atoms with Gasteiger partial charge in [-0.05, 0) is 63.0 Å². The van der Waals surface area contributed by atoms with Gasteiger partial charge in [0, 0.05) is 23.6 Å². The number of pyridine rings is 1. The summed E-state index contributed by atoms with van der Waals surface area (Å²) in [7, 11) is -3.37. The normalized spacial score (nSPS) is 20.0. The summed E-state index contributed by atoms with van der Waals surface area (Å²) in [5.41, 5.74) is 5.13. The molecule has 1 unspecified atom stereocenters. The Balaban J connectivity index is 1.67. The Bertz CT molecular complexity index is 1060. The highest BCUT2D eigenvalue weighted by Gasteiger charge is 2.30. The zero-order valence-electron chi connectivity index (χ0n) is 16.4. The maximum atomic E-state index is 12.8. The Morgan fingerprint density at radius 3 is 2.86 bits per heavy atom. The van der Waals surface area contributed by atoms with Crippen molar-refractivity contribution in [3.05, 3.63) is 34.9 Å². The quantitative estimate of drug-likeness (QED) is 0.819. The molecule has 3 N–H and O–H groups in total. The van der Waals surface area contributed by atoms with Gasteiger partial charge in [0.1, 0.15) is 14.8 Å². The van der Waals surface area contributed by atoms with Crippen LogP contribution in [0.15, 0.2) is 21.7 Å². The number of amides is 2. The van der Waals surface area contributed by atoms with Gasteiger partial charge in [-0.3, -0.25) is 9.67 Å². The van der Waals surface area contributed by atoms with Crippen LogP contribution in [0, 0.1) is 0 Å². The van der Waals surface area contributed by atoms with Gasteiger partial charge in [0.25, 0.3) is 0 Å². The third-order valence-electron chi connectivity index (χ3n) is 5.55. The third-order valence-corrected chi connectivity index (χ3v) is 6.87. The van der Waals surface area contributed by atoms with Crippen molar-refractivity contribution < 1.29 is 9.00 Å². The Hall–Kier alpha value is -2.26. The van der Waals surface area contributed by atoms with Crippen molar-refractivity contribution in [3.8, 4) is 0 Å². The largest absolute Gasteiger partial charge is 0.354 e. The van der Waals surface area contributed by atoms with Crippen molar-refractivity contribution in [2.45, 2.75) is 69.7 Å². The van der Waals surface area contributed by atoms with Crippen molar-refractivity contribution in [2.24, 2.45) is 9.50 Å². The van der Waals surface area contributed by atoms with E-state index in [2.05, 4.69) is 21.7 Å². The fourth-order valence-corrected chi connectivity index (χ4v) is 4.87. The molecule has 150 valence electrons. The fraction of sp³-hybridized carbons (Fsp3) is 0.526.